The number of likely N-dealkylation sites (N-methyl/N-ethyl adjacent to an activating group) is 1. The van der Waals surface area contributed by atoms with E-state index in [1.165, 1.54) is 12.8 Å². The van der Waals surface area contributed by atoms with Gasteiger partial charge in [0.05, 0.1) is 19.0 Å². The molecular weight excluding hydrogens is 202 g/mol. The molecule has 4 heteroatoms. The minimum absolute atomic E-state index is 0.129. The zero-order valence-electron chi connectivity index (χ0n) is 10.3. The van der Waals surface area contributed by atoms with E-state index in [1.54, 1.807) is 11.9 Å². The molecule has 1 aliphatic rings. The van der Waals surface area contributed by atoms with Gasteiger partial charge in [0.25, 0.3) is 0 Å². The van der Waals surface area contributed by atoms with Gasteiger partial charge in [0.1, 0.15) is 0 Å². The molecule has 1 fully saturated rings. The van der Waals surface area contributed by atoms with Crippen LogP contribution in [-0.4, -0.2) is 48.9 Å². The molecule has 1 heterocycles. The van der Waals surface area contributed by atoms with E-state index >= 15 is 0 Å². The Morgan fingerprint density at radius 3 is 2.69 bits per heavy atom. The van der Waals surface area contributed by atoms with Gasteiger partial charge in [-0.05, 0) is 31.8 Å². The van der Waals surface area contributed by atoms with Gasteiger partial charge in [-0.15, -0.1) is 0 Å². The van der Waals surface area contributed by atoms with Gasteiger partial charge in [-0.3, -0.25) is 9.69 Å². The van der Waals surface area contributed by atoms with Gasteiger partial charge in [-0.2, -0.15) is 5.26 Å². The smallest absolute Gasteiger partial charge is 0.236 e. The van der Waals surface area contributed by atoms with Crippen LogP contribution in [-0.2, 0) is 4.79 Å². The van der Waals surface area contributed by atoms with Crippen molar-refractivity contribution in [1.82, 2.24) is 9.80 Å². The van der Waals surface area contributed by atoms with Crippen LogP contribution in [0.15, 0.2) is 0 Å². The van der Waals surface area contributed by atoms with Gasteiger partial charge in [-0.1, -0.05) is 6.92 Å². The summed E-state index contributed by atoms with van der Waals surface area (Å²) >= 11 is 0. The number of rotatable bonds is 4. The first-order valence-corrected chi connectivity index (χ1v) is 5.96. The average molecular weight is 223 g/mol. The van der Waals surface area contributed by atoms with Crippen LogP contribution in [0.2, 0.25) is 0 Å². The summed E-state index contributed by atoms with van der Waals surface area (Å²) in [6.45, 7) is 5.37. The van der Waals surface area contributed by atoms with Gasteiger partial charge in [0, 0.05) is 13.6 Å². The van der Waals surface area contributed by atoms with E-state index in [0.717, 1.165) is 19.0 Å². The second-order valence-corrected chi connectivity index (χ2v) is 4.68. The van der Waals surface area contributed by atoms with Gasteiger partial charge in [0.15, 0.2) is 0 Å². The number of carbonyl (C=O) groups excluding carboxylic acids is 1. The Morgan fingerprint density at radius 2 is 2.12 bits per heavy atom. The number of nitrogens with zero attached hydrogens (tertiary/aromatic N) is 3. The first kappa shape index (κ1) is 13.0. The average Bonchev–Trinajstić information content (AvgIpc) is 2.29. The summed E-state index contributed by atoms with van der Waals surface area (Å²) in [6, 6.07) is 2.06. The molecule has 0 radical (unpaired) electrons. The lowest BCUT2D eigenvalue weighted by atomic mass is 9.99. The van der Waals surface area contributed by atoms with Crippen molar-refractivity contribution in [1.29, 1.82) is 5.26 Å². The van der Waals surface area contributed by atoms with Gasteiger partial charge in [0.2, 0.25) is 5.91 Å². The molecule has 0 atom stereocenters. The molecular formula is C12H21N3O. The van der Waals surface area contributed by atoms with Crippen molar-refractivity contribution in [3.8, 4) is 6.07 Å². The Balaban J connectivity index is 2.26. The highest BCUT2D eigenvalue weighted by molar-refractivity contribution is 5.78. The maximum Gasteiger partial charge on any atom is 0.236 e. The van der Waals surface area contributed by atoms with Crippen LogP contribution in [0, 0.1) is 17.2 Å². The maximum absolute atomic E-state index is 11.8. The predicted molar refractivity (Wildman–Crippen MR) is 62.7 cm³/mol. The predicted octanol–water partition coefficient (Wildman–Crippen LogP) is 1.09. The summed E-state index contributed by atoms with van der Waals surface area (Å²) in [5.74, 6) is 0.924. The highest BCUT2D eigenvalue weighted by Gasteiger charge is 2.19. The van der Waals surface area contributed by atoms with Crippen LogP contribution in [0.5, 0.6) is 0 Å². The van der Waals surface area contributed by atoms with Gasteiger partial charge < -0.3 is 4.90 Å². The number of hydrogen-bond donors (Lipinski definition) is 0. The van der Waals surface area contributed by atoms with E-state index in [2.05, 4.69) is 17.9 Å². The lowest BCUT2D eigenvalue weighted by Crippen LogP contribution is -2.42. The number of likely N-dealkylation sites (tertiary alicyclic amines) is 1. The summed E-state index contributed by atoms with van der Waals surface area (Å²) in [5, 5.41) is 8.45. The molecule has 4 nitrogen and oxygen atoms in total. The van der Waals surface area contributed by atoms with Crippen LogP contribution >= 0.6 is 0 Å². The van der Waals surface area contributed by atoms with E-state index in [4.69, 9.17) is 5.26 Å². The normalized spacial score (nSPS) is 18.1. The van der Waals surface area contributed by atoms with E-state index in [1.807, 2.05) is 0 Å². The maximum atomic E-state index is 11.8. The van der Waals surface area contributed by atoms with E-state index in [9.17, 15) is 4.79 Å². The standard InChI is InChI=1S/C12H21N3O/c1-11-4-8-15(9-5-11)10-12(16)14(2)7-3-6-13/h11H,3-5,7-10H2,1-2H3. The summed E-state index contributed by atoms with van der Waals surface area (Å²) in [5.41, 5.74) is 0. The molecule has 0 spiro atoms. The minimum Gasteiger partial charge on any atom is -0.344 e. The van der Waals surface area contributed by atoms with Gasteiger partial charge >= 0.3 is 0 Å². The van der Waals surface area contributed by atoms with Crippen molar-refractivity contribution >= 4 is 5.91 Å². The molecule has 0 unspecified atom stereocenters. The fourth-order valence-electron chi connectivity index (χ4n) is 1.87. The monoisotopic (exact) mass is 223 g/mol. The van der Waals surface area contributed by atoms with Crippen LogP contribution < -0.4 is 0 Å². The third-order valence-corrected chi connectivity index (χ3v) is 3.22. The lowest BCUT2D eigenvalue weighted by Gasteiger charge is -2.30. The molecule has 0 aromatic rings. The van der Waals surface area contributed by atoms with Crippen molar-refractivity contribution in [2.24, 2.45) is 5.92 Å². The Labute approximate surface area is 97.8 Å². The summed E-state index contributed by atoms with van der Waals surface area (Å²) < 4.78 is 0. The largest absolute Gasteiger partial charge is 0.344 e. The topological polar surface area (TPSA) is 47.3 Å². The van der Waals surface area contributed by atoms with Gasteiger partial charge in [-0.25, -0.2) is 0 Å². The first-order chi connectivity index (χ1) is 7.63. The molecule has 0 aliphatic carbocycles. The molecule has 1 saturated heterocycles. The third-order valence-electron chi connectivity index (χ3n) is 3.22. The molecule has 1 rings (SSSR count). The van der Waals surface area contributed by atoms with Crippen LogP contribution in [0.4, 0.5) is 0 Å². The molecule has 0 N–H and O–H groups in total. The third kappa shape index (κ3) is 4.19. The SMILES string of the molecule is CC1CCN(CC(=O)N(C)CCC#N)CC1. The summed E-state index contributed by atoms with van der Waals surface area (Å²) in [7, 11) is 1.77. The molecule has 0 bridgehead atoms. The van der Waals surface area contributed by atoms with Crippen molar-refractivity contribution < 1.29 is 4.79 Å². The summed E-state index contributed by atoms with van der Waals surface area (Å²) in [6.07, 6.45) is 2.80. The van der Waals surface area contributed by atoms with Crippen LogP contribution in [0.1, 0.15) is 26.2 Å². The first-order valence-electron chi connectivity index (χ1n) is 5.96. The molecule has 0 saturated carbocycles. The highest BCUT2D eigenvalue weighted by atomic mass is 16.2. The number of carbonyl (C=O) groups is 1. The number of hydrogen-bond acceptors (Lipinski definition) is 3. The van der Waals surface area contributed by atoms with E-state index in [0.29, 0.717) is 19.5 Å². The van der Waals surface area contributed by atoms with Crippen LogP contribution in [0.25, 0.3) is 0 Å². The fourth-order valence-corrected chi connectivity index (χ4v) is 1.87. The molecule has 1 aliphatic heterocycles. The van der Waals surface area contributed by atoms with Crippen molar-refractivity contribution in [2.45, 2.75) is 26.2 Å². The Hall–Kier alpha value is -1.08. The quantitative estimate of drug-likeness (QED) is 0.717. The molecule has 16 heavy (non-hydrogen) atoms. The second kappa shape index (κ2) is 6.49. The molecule has 0 aromatic carbocycles. The van der Waals surface area contributed by atoms with E-state index in [-0.39, 0.29) is 5.91 Å². The van der Waals surface area contributed by atoms with Crippen molar-refractivity contribution in [3.05, 3.63) is 0 Å². The highest BCUT2D eigenvalue weighted by Crippen LogP contribution is 2.15. The number of amides is 1. The van der Waals surface area contributed by atoms with Crippen LogP contribution in [0.3, 0.4) is 0 Å². The van der Waals surface area contributed by atoms with E-state index < -0.39 is 0 Å². The van der Waals surface area contributed by atoms with Crippen molar-refractivity contribution in [2.75, 3.05) is 33.2 Å². The number of nitriles is 1. The Kier molecular flexibility index (Phi) is 5.27. The number of piperidine rings is 1. The lowest BCUT2D eigenvalue weighted by molar-refractivity contribution is -0.131. The molecule has 0 aromatic heterocycles. The Morgan fingerprint density at radius 1 is 1.50 bits per heavy atom. The molecule has 90 valence electrons. The minimum atomic E-state index is 0.129. The fraction of sp³-hybridized carbons (Fsp3) is 0.833. The zero-order valence-corrected chi connectivity index (χ0v) is 10.3. The Bertz CT molecular complexity index is 264. The summed E-state index contributed by atoms with van der Waals surface area (Å²) in [4.78, 5) is 15.6. The molecule has 1 amide bonds. The zero-order chi connectivity index (χ0) is 12.0. The van der Waals surface area contributed by atoms with Crippen molar-refractivity contribution in [3.63, 3.8) is 0 Å². The second-order valence-electron chi connectivity index (χ2n) is 4.68.